The fraction of sp³-hybridized carbons (Fsp3) is 0.286. The van der Waals surface area contributed by atoms with Crippen molar-refractivity contribution in [3.8, 4) is 11.5 Å². The summed E-state index contributed by atoms with van der Waals surface area (Å²) in [5.74, 6) is -3.67. The number of nitrogens with zero attached hydrogens (tertiary/aromatic N) is 2. The molecule has 2 aromatic carbocycles. The Morgan fingerprint density at radius 3 is 2.10 bits per heavy atom. The second kappa shape index (κ2) is 12.5. The predicted molar refractivity (Wildman–Crippen MR) is 143 cm³/mol. The van der Waals surface area contributed by atoms with Crippen LogP contribution in [0.4, 0.5) is 0 Å². The van der Waals surface area contributed by atoms with Crippen molar-refractivity contribution in [2.24, 2.45) is 0 Å². The summed E-state index contributed by atoms with van der Waals surface area (Å²) in [7, 11) is -2.70. The molecule has 10 nitrogen and oxygen atoms in total. The average Bonchev–Trinajstić information content (AvgIpc) is 2.89. The Morgan fingerprint density at radius 1 is 0.974 bits per heavy atom. The SMILES string of the molecule is COc1ccnc(C(=O)N(C(C)C(c2ccccc2)S(=O)(=O)Cc2ccccc2)[C@@H](C)C(=O)O)c1OC(C)=O. The summed E-state index contributed by atoms with van der Waals surface area (Å²) in [5.41, 5.74) is 0.535. The summed E-state index contributed by atoms with van der Waals surface area (Å²) in [4.78, 5) is 43.0. The molecule has 3 atom stereocenters. The van der Waals surface area contributed by atoms with E-state index in [0.29, 0.717) is 11.1 Å². The van der Waals surface area contributed by atoms with Crippen LogP contribution in [0.2, 0.25) is 0 Å². The van der Waals surface area contributed by atoms with Crippen LogP contribution in [0.5, 0.6) is 11.5 Å². The summed E-state index contributed by atoms with van der Waals surface area (Å²) >= 11 is 0. The summed E-state index contributed by atoms with van der Waals surface area (Å²) in [6.07, 6.45) is 1.24. The maximum Gasteiger partial charge on any atom is 0.326 e. The number of hydrogen-bond acceptors (Lipinski definition) is 8. The molecule has 2 unspecified atom stereocenters. The zero-order valence-corrected chi connectivity index (χ0v) is 22.8. The molecule has 0 fully saturated rings. The molecule has 1 N–H and O–H groups in total. The van der Waals surface area contributed by atoms with Gasteiger partial charge in [-0.15, -0.1) is 0 Å². The quantitative estimate of drug-likeness (QED) is 0.352. The van der Waals surface area contributed by atoms with Gasteiger partial charge in [0.05, 0.1) is 18.9 Å². The van der Waals surface area contributed by atoms with Crippen molar-refractivity contribution in [2.75, 3.05) is 7.11 Å². The molecule has 0 spiro atoms. The van der Waals surface area contributed by atoms with Gasteiger partial charge in [0.1, 0.15) is 11.3 Å². The van der Waals surface area contributed by atoms with Crippen LogP contribution in [-0.4, -0.2) is 60.4 Å². The molecule has 1 heterocycles. The van der Waals surface area contributed by atoms with Gasteiger partial charge in [0.25, 0.3) is 5.91 Å². The molecule has 3 rings (SSSR count). The zero-order valence-electron chi connectivity index (χ0n) is 22.0. The Morgan fingerprint density at radius 2 is 1.56 bits per heavy atom. The van der Waals surface area contributed by atoms with Crippen LogP contribution in [0.15, 0.2) is 72.9 Å². The van der Waals surface area contributed by atoms with Crippen LogP contribution < -0.4 is 9.47 Å². The van der Waals surface area contributed by atoms with Crippen molar-refractivity contribution in [3.63, 3.8) is 0 Å². The molecule has 0 saturated heterocycles. The van der Waals surface area contributed by atoms with E-state index < -0.39 is 50.7 Å². The Labute approximate surface area is 227 Å². The second-order valence-electron chi connectivity index (χ2n) is 8.88. The van der Waals surface area contributed by atoms with E-state index in [1.807, 2.05) is 0 Å². The standard InChI is InChI=1S/C28H30N2O8S/c1-18(26(22-13-9-6-10-14-22)39(35,36)17-21-11-7-5-8-12-21)30(19(2)28(33)34)27(32)24-25(38-20(3)31)23(37-4)15-16-29-24/h5-16,18-19,26H,17H2,1-4H3,(H,33,34)/t18?,19-,26?/m0/s1. The molecule has 39 heavy (non-hydrogen) atoms. The molecule has 1 aromatic heterocycles. The van der Waals surface area contributed by atoms with E-state index in [1.54, 1.807) is 60.7 Å². The lowest BCUT2D eigenvalue weighted by Gasteiger charge is -2.37. The normalized spacial score (nSPS) is 13.5. The third kappa shape index (κ3) is 6.80. The van der Waals surface area contributed by atoms with E-state index in [2.05, 4.69) is 4.98 Å². The lowest BCUT2D eigenvalue weighted by Crippen LogP contribution is -2.52. The van der Waals surface area contributed by atoms with Gasteiger partial charge in [-0.2, -0.15) is 0 Å². The molecule has 0 saturated carbocycles. The molecule has 1 amide bonds. The maximum atomic E-state index is 14.0. The van der Waals surface area contributed by atoms with E-state index in [4.69, 9.17) is 9.47 Å². The Bertz CT molecular complexity index is 1430. The number of benzene rings is 2. The first-order valence-electron chi connectivity index (χ1n) is 12.0. The van der Waals surface area contributed by atoms with Crippen molar-refractivity contribution in [3.05, 3.63) is 89.7 Å². The highest BCUT2D eigenvalue weighted by atomic mass is 32.2. The molecular formula is C28H30N2O8S. The molecule has 3 aromatic rings. The van der Waals surface area contributed by atoms with Gasteiger partial charge >= 0.3 is 11.9 Å². The number of aliphatic carboxylic acids is 1. The highest BCUT2D eigenvalue weighted by Crippen LogP contribution is 2.36. The summed E-state index contributed by atoms with van der Waals surface area (Å²) < 4.78 is 38.3. The van der Waals surface area contributed by atoms with E-state index in [0.717, 1.165) is 11.8 Å². The van der Waals surface area contributed by atoms with Gasteiger partial charge in [-0.05, 0) is 25.0 Å². The van der Waals surface area contributed by atoms with E-state index >= 15 is 0 Å². The monoisotopic (exact) mass is 554 g/mol. The third-order valence-electron chi connectivity index (χ3n) is 6.15. The first-order chi connectivity index (χ1) is 18.5. The number of carboxylic acid groups (broad SMARTS) is 1. The van der Waals surface area contributed by atoms with Gasteiger partial charge in [-0.1, -0.05) is 60.7 Å². The summed E-state index contributed by atoms with van der Waals surface area (Å²) in [6.45, 7) is 3.88. The number of amides is 1. The first kappa shape index (κ1) is 29.3. The van der Waals surface area contributed by atoms with Crippen LogP contribution in [0.3, 0.4) is 0 Å². The zero-order chi connectivity index (χ0) is 28.7. The van der Waals surface area contributed by atoms with Gasteiger partial charge in [-0.25, -0.2) is 18.2 Å². The van der Waals surface area contributed by atoms with Crippen molar-refractivity contribution in [1.29, 1.82) is 0 Å². The van der Waals surface area contributed by atoms with Crippen molar-refractivity contribution < 1.29 is 37.4 Å². The molecular weight excluding hydrogens is 524 g/mol. The highest BCUT2D eigenvalue weighted by molar-refractivity contribution is 7.90. The second-order valence-corrected chi connectivity index (χ2v) is 11.0. The number of carbonyl (C=O) groups is 3. The first-order valence-corrected chi connectivity index (χ1v) is 13.8. The molecule has 0 bridgehead atoms. The van der Waals surface area contributed by atoms with Crippen LogP contribution >= 0.6 is 0 Å². The number of rotatable bonds is 11. The van der Waals surface area contributed by atoms with Crippen molar-refractivity contribution in [1.82, 2.24) is 9.88 Å². The number of sulfone groups is 1. The number of aromatic nitrogens is 1. The maximum absolute atomic E-state index is 14.0. The molecule has 206 valence electrons. The molecule has 0 aliphatic carbocycles. The number of esters is 1. The Hall–Kier alpha value is -4.25. The minimum atomic E-state index is -4.01. The smallest absolute Gasteiger partial charge is 0.326 e. The van der Waals surface area contributed by atoms with Crippen LogP contribution in [0.1, 0.15) is 47.6 Å². The minimum absolute atomic E-state index is 0.0236. The van der Waals surface area contributed by atoms with Crippen molar-refractivity contribution >= 4 is 27.7 Å². The number of methoxy groups -OCH3 is 1. The third-order valence-corrected chi connectivity index (χ3v) is 8.32. The lowest BCUT2D eigenvalue weighted by molar-refractivity contribution is -0.142. The van der Waals surface area contributed by atoms with Crippen LogP contribution in [0, 0.1) is 0 Å². The number of carboxylic acids is 1. The highest BCUT2D eigenvalue weighted by Gasteiger charge is 2.42. The van der Waals surface area contributed by atoms with E-state index in [9.17, 15) is 27.9 Å². The Kier molecular flexibility index (Phi) is 9.42. The molecule has 0 radical (unpaired) electrons. The summed E-state index contributed by atoms with van der Waals surface area (Å²) in [6, 6.07) is 15.6. The number of carbonyl (C=O) groups excluding carboxylic acids is 2. The number of ether oxygens (including phenoxy) is 2. The van der Waals surface area contributed by atoms with Crippen LogP contribution in [0.25, 0.3) is 0 Å². The number of hydrogen-bond donors (Lipinski definition) is 1. The average molecular weight is 555 g/mol. The Balaban J connectivity index is 2.19. The lowest BCUT2D eigenvalue weighted by atomic mass is 10.0. The largest absolute Gasteiger partial charge is 0.493 e. The van der Waals surface area contributed by atoms with Gasteiger partial charge in [0, 0.05) is 19.2 Å². The van der Waals surface area contributed by atoms with E-state index in [-0.39, 0.29) is 17.3 Å². The van der Waals surface area contributed by atoms with E-state index in [1.165, 1.54) is 33.2 Å². The molecule has 0 aliphatic heterocycles. The van der Waals surface area contributed by atoms with Gasteiger partial charge in [0.2, 0.25) is 5.75 Å². The van der Waals surface area contributed by atoms with Crippen LogP contribution in [-0.2, 0) is 25.2 Å². The summed E-state index contributed by atoms with van der Waals surface area (Å²) in [5, 5.41) is 8.63. The van der Waals surface area contributed by atoms with Gasteiger partial charge in [0.15, 0.2) is 21.3 Å². The fourth-order valence-electron chi connectivity index (χ4n) is 4.41. The van der Waals surface area contributed by atoms with Gasteiger partial charge in [-0.3, -0.25) is 9.59 Å². The molecule has 11 heteroatoms. The molecule has 0 aliphatic rings. The number of pyridine rings is 1. The van der Waals surface area contributed by atoms with Crippen molar-refractivity contribution in [2.45, 2.75) is 43.9 Å². The topological polar surface area (TPSA) is 140 Å². The minimum Gasteiger partial charge on any atom is -0.493 e. The predicted octanol–water partition coefficient (Wildman–Crippen LogP) is 3.68. The van der Waals surface area contributed by atoms with Gasteiger partial charge < -0.3 is 19.5 Å². The fourth-order valence-corrected chi connectivity index (χ4v) is 6.55.